The maximum Gasteiger partial charge on any atom is 0.158 e. The molecule has 0 saturated heterocycles. The van der Waals surface area contributed by atoms with Crippen LogP contribution in [0.1, 0.15) is 50.2 Å². The lowest BCUT2D eigenvalue weighted by atomic mass is 10.1. The number of thiophene rings is 1. The van der Waals surface area contributed by atoms with Gasteiger partial charge < -0.3 is 14.2 Å². The predicted octanol–water partition coefficient (Wildman–Crippen LogP) is 4.80. The van der Waals surface area contributed by atoms with Crippen LogP contribution in [0.15, 0.2) is 35.7 Å². The number of ether oxygens (including phenoxy) is 1. The Balaban J connectivity index is 1.67. The van der Waals surface area contributed by atoms with Gasteiger partial charge >= 0.3 is 0 Å². The Labute approximate surface area is 185 Å². The molecule has 0 radical (unpaired) electrons. The molecule has 1 atom stereocenters. The van der Waals surface area contributed by atoms with E-state index in [9.17, 15) is 0 Å². The number of benzene rings is 1. The van der Waals surface area contributed by atoms with Crippen LogP contribution in [0, 0.1) is 0 Å². The molecule has 0 fully saturated rings. The first-order valence-corrected chi connectivity index (χ1v) is 11.5. The van der Waals surface area contributed by atoms with E-state index < -0.39 is 0 Å². The molecular weight excluding hydrogens is 408 g/mol. The average Bonchev–Trinajstić information content (AvgIpc) is 3.39. The molecule has 1 aromatic carbocycles. The molecule has 0 spiro atoms. The summed E-state index contributed by atoms with van der Waals surface area (Å²) < 4.78 is 7.63. The summed E-state index contributed by atoms with van der Waals surface area (Å²) in [5, 5.41) is 12.3. The minimum absolute atomic E-state index is 0.0609. The fourth-order valence-corrected chi connectivity index (χ4v) is 5.28. The Bertz CT molecular complexity index is 1220. The van der Waals surface area contributed by atoms with Gasteiger partial charge in [0.2, 0.25) is 0 Å². The number of methoxy groups -OCH3 is 1. The highest BCUT2D eigenvalue weighted by Gasteiger charge is 2.32. The van der Waals surface area contributed by atoms with Crippen LogP contribution in [0.25, 0.3) is 21.3 Å². The van der Waals surface area contributed by atoms with Gasteiger partial charge in [0.1, 0.15) is 23.1 Å². The summed E-state index contributed by atoms with van der Waals surface area (Å²) >= 11 is 1.66. The molecule has 1 aliphatic rings. The van der Waals surface area contributed by atoms with Crippen molar-refractivity contribution in [2.75, 3.05) is 18.6 Å². The van der Waals surface area contributed by atoms with Crippen LogP contribution in [0.3, 0.4) is 0 Å². The first kappa shape index (κ1) is 20.1. The summed E-state index contributed by atoms with van der Waals surface area (Å²) in [6.07, 6.45) is 0. The van der Waals surface area contributed by atoms with Gasteiger partial charge in [-0.25, -0.2) is 9.97 Å². The van der Waals surface area contributed by atoms with Gasteiger partial charge in [-0.2, -0.15) is 0 Å². The average molecular weight is 435 g/mol. The van der Waals surface area contributed by atoms with Crippen LogP contribution in [0.2, 0.25) is 0 Å². The number of nitrogens with zero attached hydrogens (tertiary/aromatic N) is 6. The maximum atomic E-state index is 5.36. The van der Waals surface area contributed by atoms with Gasteiger partial charge in [0.25, 0.3) is 0 Å². The number of rotatable bonds is 5. The minimum atomic E-state index is 0.0609. The molecule has 1 aliphatic heterocycles. The van der Waals surface area contributed by atoms with Crippen molar-refractivity contribution >= 4 is 27.4 Å². The molecule has 7 nitrogen and oxygen atoms in total. The molecule has 0 saturated carbocycles. The highest BCUT2D eigenvalue weighted by Crippen LogP contribution is 2.41. The quantitative estimate of drug-likeness (QED) is 0.449. The topological polar surface area (TPSA) is 69.0 Å². The fraction of sp³-hybridized carbons (Fsp3) is 0.391. The lowest BCUT2D eigenvalue weighted by Gasteiger charge is -2.35. The molecule has 4 aromatic rings. The highest BCUT2D eigenvalue weighted by atomic mass is 32.1. The molecule has 0 N–H and O–H groups in total. The molecule has 31 heavy (non-hydrogen) atoms. The summed E-state index contributed by atoms with van der Waals surface area (Å²) in [5.41, 5.74) is 2.34. The van der Waals surface area contributed by atoms with E-state index in [1.54, 1.807) is 18.4 Å². The molecule has 3 aromatic heterocycles. The van der Waals surface area contributed by atoms with Crippen LogP contribution >= 0.6 is 11.3 Å². The van der Waals surface area contributed by atoms with E-state index >= 15 is 0 Å². The van der Waals surface area contributed by atoms with Crippen molar-refractivity contribution in [1.29, 1.82) is 0 Å². The zero-order valence-electron chi connectivity index (χ0n) is 18.2. The van der Waals surface area contributed by atoms with Crippen LogP contribution in [0.5, 0.6) is 0 Å². The van der Waals surface area contributed by atoms with Crippen LogP contribution in [-0.2, 0) is 17.9 Å². The molecule has 5 rings (SSSR count). The molecular formula is C23H26N6OS. The van der Waals surface area contributed by atoms with Crippen molar-refractivity contribution in [3.63, 3.8) is 0 Å². The summed E-state index contributed by atoms with van der Waals surface area (Å²) in [7, 11) is 1.68. The van der Waals surface area contributed by atoms with E-state index in [1.165, 1.54) is 11.1 Å². The van der Waals surface area contributed by atoms with E-state index in [1.807, 2.05) is 6.07 Å². The van der Waals surface area contributed by atoms with Crippen LogP contribution < -0.4 is 4.90 Å². The van der Waals surface area contributed by atoms with E-state index in [0.29, 0.717) is 18.3 Å². The third-order valence-electron chi connectivity index (χ3n) is 5.82. The summed E-state index contributed by atoms with van der Waals surface area (Å²) in [6, 6.07) is 10.5. The van der Waals surface area contributed by atoms with Crippen molar-refractivity contribution in [2.24, 2.45) is 0 Å². The Hall–Kier alpha value is -2.84. The first-order valence-electron chi connectivity index (χ1n) is 10.6. The van der Waals surface area contributed by atoms with Gasteiger partial charge in [0, 0.05) is 37.1 Å². The standard InChI is InChI=1S/C23H26N6OS/c1-14(2)20-26-27-21-15(3)28(10-11-29(20)21)22-19-17(16-8-6-5-7-9-16)13-31-23(19)25-18(24-22)12-30-4/h5-9,13-15H,10-12H2,1-4H3. The normalized spacial score (nSPS) is 16.3. The lowest BCUT2D eigenvalue weighted by molar-refractivity contribution is 0.178. The van der Waals surface area contributed by atoms with Crippen molar-refractivity contribution in [3.8, 4) is 11.1 Å². The van der Waals surface area contributed by atoms with E-state index in [0.717, 1.165) is 40.8 Å². The Morgan fingerprint density at radius 3 is 2.68 bits per heavy atom. The van der Waals surface area contributed by atoms with Crippen molar-refractivity contribution < 1.29 is 4.74 Å². The number of anilines is 1. The number of aromatic nitrogens is 5. The van der Waals surface area contributed by atoms with Crippen LogP contribution in [-0.4, -0.2) is 38.4 Å². The molecule has 0 aliphatic carbocycles. The molecule has 1 unspecified atom stereocenters. The van der Waals surface area contributed by atoms with Crippen molar-refractivity contribution in [3.05, 3.63) is 53.2 Å². The monoisotopic (exact) mass is 434 g/mol. The van der Waals surface area contributed by atoms with E-state index in [2.05, 4.69) is 70.1 Å². The summed E-state index contributed by atoms with van der Waals surface area (Å²) in [4.78, 5) is 13.1. The molecule has 4 heterocycles. The second-order valence-corrected chi connectivity index (χ2v) is 9.04. The van der Waals surface area contributed by atoms with E-state index in [4.69, 9.17) is 14.7 Å². The third kappa shape index (κ3) is 3.40. The largest absolute Gasteiger partial charge is 0.377 e. The molecule has 8 heteroatoms. The van der Waals surface area contributed by atoms with Gasteiger partial charge in [-0.1, -0.05) is 44.2 Å². The zero-order chi connectivity index (χ0) is 21.5. The maximum absolute atomic E-state index is 5.36. The lowest BCUT2D eigenvalue weighted by Crippen LogP contribution is -2.38. The van der Waals surface area contributed by atoms with Crippen molar-refractivity contribution in [1.82, 2.24) is 24.7 Å². The van der Waals surface area contributed by atoms with E-state index in [-0.39, 0.29) is 6.04 Å². The number of fused-ring (bicyclic) bond motifs is 2. The smallest absolute Gasteiger partial charge is 0.158 e. The van der Waals surface area contributed by atoms with Gasteiger partial charge in [0.05, 0.1) is 11.4 Å². The van der Waals surface area contributed by atoms with Gasteiger partial charge in [-0.05, 0) is 12.5 Å². The molecule has 0 amide bonds. The van der Waals surface area contributed by atoms with Gasteiger partial charge in [-0.15, -0.1) is 21.5 Å². The molecule has 160 valence electrons. The third-order valence-corrected chi connectivity index (χ3v) is 6.69. The first-order chi connectivity index (χ1) is 15.1. The highest BCUT2D eigenvalue weighted by molar-refractivity contribution is 7.17. The predicted molar refractivity (Wildman–Crippen MR) is 123 cm³/mol. The number of hydrogen-bond acceptors (Lipinski definition) is 7. The zero-order valence-corrected chi connectivity index (χ0v) is 19.1. The van der Waals surface area contributed by atoms with Gasteiger partial charge in [0.15, 0.2) is 11.6 Å². The Kier molecular flexibility index (Phi) is 5.19. The molecule has 0 bridgehead atoms. The SMILES string of the molecule is COCc1nc(N2CCn3c(C(C)C)nnc3C2C)c2c(-c3ccccc3)csc2n1. The Morgan fingerprint density at radius 1 is 1.13 bits per heavy atom. The van der Waals surface area contributed by atoms with Crippen LogP contribution in [0.4, 0.5) is 5.82 Å². The summed E-state index contributed by atoms with van der Waals surface area (Å²) in [6.45, 7) is 8.58. The fourth-order valence-electron chi connectivity index (χ4n) is 4.32. The van der Waals surface area contributed by atoms with Gasteiger partial charge in [-0.3, -0.25) is 0 Å². The summed E-state index contributed by atoms with van der Waals surface area (Å²) in [5.74, 6) is 4.04. The minimum Gasteiger partial charge on any atom is -0.377 e. The number of hydrogen-bond donors (Lipinski definition) is 0. The second-order valence-electron chi connectivity index (χ2n) is 8.18. The second kappa shape index (κ2) is 8.01. The Morgan fingerprint density at radius 2 is 1.94 bits per heavy atom. The van der Waals surface area contributed by atoms with Crippen molar-refractivity contribution in [2.45, 2.75) is 45.9 Å².